The minimum absolute atomic E-state index is 0.167. The number of hydrogen-bond acceptors (Lipinski definition) is 4. The van der Waals surface area contributed by atoms with Gasteiger partial charge in [-0.05, 0) is 36.1 Å². The standard InChI is InChI=1S/C19H22N2O2/c20-15-11-23-12-18(19(15)22)21-16-7-3-1-5-13(16)9-10-14-6-2-4-8-17(14)21/h1-8,15,18-19,22H,9-12,20H2/t15-,18?,19+/m1/s1. The third-order valence-corrected chi connectivity index (χ3v) is 4.93. The molecule has 0 spiro atoms. The van der Waals surface area contributed by atoms with Gasteiger partial charge in [0, 0.05) is 11.4 Å². The second kappa shape index (κ2) is 5.96. The third kappa shape index (κ3) is 2.53. The molecule has 0 radical (unpaired) electrons. The number of rotatable bonds is 1. The molecular weight excluding hydrogens is 288 g/mol. The number of aliphatic hydroxyl groups excluding tert-OH is 1. The highest BCUT2D eigenvalue weighted by molar-refractivity contribution is 5.72. The van der Waals surface area contributed by atoms with Crippen molar-refractivity contribution in [2.24, 2.45) is 5.73 Å². The number of anilines is 2. The van der Waals surface area contributed by atoms with Gasteiger partial charge in [0.2, 0.25) is 0 Å². The summed E-state index contributed by atoms with van der Waals surface area (Å²) in [5.41, 5.74) is 11.0. The fourth-order valence-corrected chi connectivity index (χ4v) is 3.71. The predicted octanol–water partition coefficient (Wildman–Crippen LogP) is 2.01. The van der Waals surface area contributed by atoms with E-state index in [0.717, 1.165) is 24.2 Å². The van der Waals surface area contributed by atoms with Crippen molar-refractivity contribution < 1.29 is 9.84 Å². The van der Waals surface area contributed by atoms with E-state index in [-0.39, 0.29) is 12.1 Å². The zero-order valence-corrected chi connectivity index (χ0v) is 13.1. The van der Waals surface area contributed by atoms with E-state index in [4.69, 9.17) is 10.5 Å². The van der Waals surface area contributed by atoms with Crippen LogP contribution in [0.25, 0.3) is 0 Å². The number of fused-ring (bicyclic) bond motifs is 2. The highest BCUT2D eigenvalue weighted by Gasteiger charge is 2.37. The molecule has 2 aromatic carbocycles. The van der Waals surface area contributed by atoms with Gasteiger partial charge in [-0.2, -0.15) is 0 Å². The molecule has 4 rings (SSSR count). The van der Waals surface area contributed by atoms with Crippen LogP contribution in [0, 0.1) is 0 Å². The van der Waals surface area contributed by atoms with Crippen LogP contribution >= 0.6 is 0 Å². The largest absolute Gasteiger partial charge is 0.389 e. The molecule has 4 heteroatoms. The van der Waals surface area contributed by atoms with E-state index in [1.54, 1.807) is 0 Å². The molecule has 3 N–H and O–H groups in total. The first-order valence-corrected chi connectivity index (χ1v) is 8.22. The van der Waals surface area contributed by atoms with Crippen molar-refractivity contribution in [3.8, 4) is 0 Å². The molecule has 1 unspecified atom stereocenters. The number of para-hydroxylation sites is 2. The highest BCUT2D eigenvalue weighted by Crippen LogP contribution is 2.38. The van der Waals surface area contributed by atoms with Crippen LogP contribution in [0.2, 0.25) is 0 Å². The molecule has 2 aliphatic heterocycles. The molecule has 2 heterocycles. The van der Waals surface area contributed by atoms with Crippen LogP contribution in [0.15, 0.2) is 48.5 Å². The molecule has 0 aromatic heterocycles. The summed E-state index contributed by atoms with van der Waals surface area (Å²) < 4.78 is 5.66. The van der Waals surface area contributed by atoms with Crippen molar-refractivity contribution in [3.05, 3.63) is 59.7 Å². The Morgan fingerprint density at radius 2 is 1.48 bits per heavy atom. The SMILES string of the molecule is N[C@@H]1COCC(N2c3ccccc3CCc3ccccc32)[C@H]1O. The lowest BCUT2D eigenvalue weighted by Gasteiger charge is -2.42. The topological polar surface area (TPSA) is 58.7 Å². The third-order valence-electron chi connectivity index (χ3n) is 4.93. The van der Waals surface area contributed by atoms with Crippen LogP contribution in [-0.2, 0) is 17.6 Å². The van der Waals surface area contributed by atoms with Crippen LogP contribution in [0.5, 0.6) is 0 Å². The number of ether oxygens (including phenoxy) is 1. The first-order chi connectivity index (χ1) is 11.3. The average Bonchev–Trinajstić information content (AvgIpc) is 2.75. The highest BCUT2D eigenvalue weighted by atomic mass is 16.5. The summed E-state index contributed by atoms with van der Waals surface area (Å²) in [5.74, 6) is 0. The molecule has 0 saturated carbocycles. The van der Waals surface area contributed by atoms with E-state index in [0.29, 0.717) is 13.2 Å². The Balaban J connectivity index is 1.86. The summed E-state index contributed by atoms with van der Waals surface area (Å²) in [6, 6.07) is 16.3. The van der Waals surface area contributed by atoms with Gasteiger partial charge in [-0.25, -0.2) is 0 Å². The molecule has 0 amide bonds. The summed E-state index contributed by atoms with van der Waals surface area (Å²) in [6.45, 7) is 0.895. The molecular formula is C19H22N2O2. The maximum Gasteiger partial charge on any atom is 0.0943 e. The second-order valence-corrected chi connectivity index (χ2v) is 6.39. The number of nitrogens with two attached hydrogens (primary N) is 1. The van der Waals surface area contributed by atoms with Crippen molar-refractivity contribution in [1.29, 1.82) is 0 Å². The van der Waals surface area contributed by atoms with E-state index in [1.165, 1.54) is 11.1 Å². The van der Waals surface area contributed by atoms with Gasteiger partial charge in [-0.15, -0.1) is 0 Å². The first kappa shape index (κ1) is 14.7. The molecule has 4 nitrogen and oxygen atoms in total. The van der Waals surface area contributed by atoms with E-state index >= 15 is 0 Å². The lowest BCUT2D eigenvalue weighted by molar-refractivity contribution is -0.0193. The maximum absolute atomic E-state index is 10.7. The molecule has 2 aromatic rings. The summed E-state index contributed by atoms with van der Waals surface area (Å²) in [5, 5.41) is 10.7. The molecule has 23 heavy (non-hydrogen) atoms. The number of hydrogen-bond donors (Lipinski definition) is 2. The van der Waals surface area contributed by atoms with Crippen LogP contribution in [0.1, 0.15) is 11.1 Å². The number of aliphatic hydroxyl groups is 1. The fraction of sp³-hybridized carbons (Fsp3) is 0.368. The Kier molecular flexibility index (Phi) is 3.81. The van der Waals surface area contributed by atoms with Crippen LogP contribution in [0.4, 0.5) is 11.4 Å². The lowest BCUT2D eigenvalue weighted by Crippen LogP contribution is -2.58. The van der Waals surface area contributed by atoms with Gasteiger partial charge in [-0.1, -0.05) is 36.4 Å². The quantitative estimate of drug-likeness (QED) is 0.846. The van der Waals surface area contributed by atoms with E-state index in [9.17, 15) is 5.11 Å². The maximum atomic E-state index is 10.7. The summed E-state index contributed by atoms with van der Waals surface area (Å²) in [4.78, 5) is 2.24. The van der Waals surface area contributed by atoms with Crippen molar-refractivity contribution in [1.82, 2.24) is 0 Å². The van der Waals surface area contributed by atoms with Crippen molar-refractivity contribution >= 4 is 11.4 Å². The lowest BCUT2D eigenvalue weighted by atomic mass is 9.98. The number of benzene rings is 2. The van der Waals surface area contributed by atoms with E-state index < -0.39 is 6.10 Å². The Labute approximate surface area is 136 Å². The van der Waals surface area contributed by atoms with Crippen molar-refractivity contribution in [2.75, 3.05) is 18.1 Å². The molecule has 0 aliphatic carbocycles. The fourth-order valence-electron chi connectivity index (χ4n) is 3.71. The zero-order chi connectivity index (χ0) is 15.8. The normalized spacial score (nSPS) is 27.0. The van der Waals surface area contributed by atoms with Crippen molar-refractivity contribution in [2.45, 2.75) is 31.0 Å². The molecule has 1 saturated heterocycles. The second-order valence-electron chi connectivity index (χ2n) is 6.39. The van der Waals surface area contributed by atoms with E-state index in [2.05, 4.69) is 53.4 Å². The summed E-state index contributed by atoms with van der Waals surface area (Å²) >= 11 is 0. The van der Waals surface area contributed by atoms with Crippen molar-refractivity contribution in [3.63, 3.8) is 0 Å². The Hall–Kier alpha value is -1.88. The Morgan fingerprint density at radius 1 is 0.913 bits per heavy atom. The van der Waals surface area contributed by atoms with Gasteiger partial charge < -0.3 is 20.5 Å². The summed E-state index contributed by atoms with van der Waals surface area (Å²) in [7, 11) is 0. The van der Waals surface area contributed by atoms with Gasteiger partial charge in [0.15, 0.2) is 0 Å². The van der Waals surface area contributed by atoms with Crippen LogP contribution in [0.3, 0.4) is 0 Å². The van der Waals surface area contributed by atoms with Gasteiger partial charge in [-0.3, -0.25) is 0 Å². The molecule has 0 bridgehead atoms. The Morgan fingerprint density at radius 3 is 2.09 bits per heavy atom. The molecule has 3 atom stereocenters. The van der Waals surface area contributed by atoms with Gasteiger partial charge in [0.25, 0.3) is 0 Å². The monoisotopic (exact) mass is 310 g/mol. The van der Waals surface area contributed by atoms with Crippen LogP contribution in [-0.4, -0.2) is 36.5 Å². The zero-order valence-electron chi connectivity index (χ0n) is 13.1. The number of nitrogens with zero attached hydrogens (tertiary/aromatic N) is 1. The summed E-state index contributed by atoms with van der Waals surface area (Å²) in [6.07, 6.45) is 1.39. The minimum atomic E-state index is -0.608. The first-order valence-electron chi connectivity index (χ1n) is 8.22. The minimum Gasteiger partial charge on any atom is -0.389 e. The number of aryl methyl sites for hydroxylation is 2. The smallest absolute Gasteiger partial charge is 0.0943 e. The molecule has 120 valence electrons. The van der Waals surface area contributed by atoms with Gasteiger partial charge in [0.1, 0.15) is 0 Å². The van der Waals surface area contributed by atoms with Gasteiger partial charge >= 0.3 is 0 Å². The Bertz CT molecular complexity index is 656. The van der Waals surface area contributed by atoms with Crippen LogP contribution < -0.4 is 10.6 Å². The van der Waals surface area contributed by atoms with E-state index in [1.807, 2.05) is 0 Å². The van der Waals surface area contributed by atoms with Gasteiger partial charge in [0.05, 0.1) is 31.4 Å². The molecule has 1 fully saturated rings. The predicted molar refractivity (Wildman–Crippen MR) is 91.0 cm³/mol. The molecule has 2 aliphatic rings. The average molecular weight is 310 g/mol.